The second kappa shape index (κ2) is 10.4. The van der Waals surface area contributed by atoms with Crippen molar-refractivity contribution < 1.29 is 18.7 Å². The molecule has 4 rings (SSSR count). The lowest BCUT2D eigenvalue weighted by atomic mass is 10.1. The second-order valence-electron chi connectivity index (χ2n) is 7.43. The molecule has 11 heteroatoms. The number of anilines is 3. The Labute approximate surface area is 205 Å². The zero-order valence-corrected chi connectivity index (χ0v) is 19.9. The molecule has 4 aromatic rings. The fraction of sp³-hybridized carbons (Fsp3) is 0.167. The van der Waals surface area contributed by atoms with E-state index in [2.05, 4.69) is 25.6 Å². The number of carbonyl (C=O) groups excluding carboxylic acids is 1. The molecule has 180 valence electrons. The van der Waals surface area contributed by atoms with E-state index in [4.69, 9.17) is 21.1 Å². The Kier molecular flexibility index (Phi) is 7.11. The maximum Gasteiger partial charge on any atom is 0.229 e. The topological polar surface area (TPSA) is 103 Å². The van der Waals surface area contributed by atoms with Crippen molar-refractivity contribution in [2.75, 3.05) is 31.4 Å². The highest BCUT2D eigenvalue weighted by Gasteiger charge is 2.15. The number of hydrogen-bond donors (Lipinski definition) is 2. The first-order chi connectivity index (χ1) is 16.9. The molecule has 9 nitrogen and oxygen atoms in total. The number of benzene rings is 2. The van der Waals surface area contributed by atoms with Crippen LogP contribution in [0, 0.1) is 12.7 Å². The molecule has 0 radical (unpaired) electrons. The van der Waals surface area contributed by atoms with Crippen LogP contribution in [0.25, 0.3) is 5.69 Å². The molecule has 0 saturated heterocycles. The van der Waals surface area contributed by atoms with Crippen molar-refractivity contribution in [2.45, 2.75) is 6.92 Å². The van der Waals surface area contributed by atoms with Gasteiger partial charge in [0.1, 0.15) is 11.6 Å². The van der Waals surface area contributed by atoms with Gasteiger partial charge in [-0.05, 0) is 37.3 Å². The first-order valence-corrected chi connectivity index (χ1v) is 10.9. The van der Waals surface area contributed by atoms with E-state index in [0.717, 1.165) is 17.4 Å². The number of nitrogens with zero attached hydrogens (tertiary/aromatic N) is 4. The number of nitrogens with one attached hydrogen (secondary N) is 2. The molecule has 0 aliphatic heterocycles. The lowest BCUT2D eigenvalue weighted by Gasteiger charge is -2.14. The smallest absolute Gasteiger partial charge is 0.229 e. The molecule has 2 aromatic heterocycles. The predicted octanol–water partition coefficient (Wildman–Crippen LogP) is 4.82. The van der Waals surface area contributed by atoms with Crippen LogP contribution >= 0.6 is 11.6 Å². The fourth-order valence-electron chi connectivity index (χ4n) is 3.30. The molecule has 2 heterocycles. The minimum absolute atomic E-state index is 0.0212. The molecule has 0 saturated carbocycles. The van der Waals surface area contributed by atoms with E-state index in [1.807, 2.05) is 35.9 Å². The number of aryl methyl sites for hydroxylation is 1. The van der Waals surface area contributed by atoms with Crippen molar-refractivity contribution in [3.63, 3.8) is 0 Å². The summed E-state index contributed by atoms with van der Waals surface area (Å²) in [5.41, 5.74) is 2.61. The molecule has 2 N–H and O–H groups in total. The minimum atomic E-state index is -0.523. The van der Waals surface area contributed by atoms with Gasteiger partial charge in [-0.3, -0.25) is 4.79 Å². The van der Waals surface area contributed by atoms with Crippen molar-refractivity contribution in [1.82, 2.24) is 19.5 Å². The van der Waals surface area contributed by atoms with Gasteiger partial charge in [0.15, 0.2) is 18.2 Å². The molecule has 0 unspecified atom stereocenters. The molecular weight excluding hydrogens is 475 g/mol. The summed E-state index contributed by atoms with van der Waals surface area (Å²) in [6, 6.07) is 9.15. The van der Waals surface area contributed by atoms with Gasteiger partial charge in [0.25, 0.3) is 0 Å². The number of hydrogen-bond acceptors (Lipinski definition) is 8. The summed E-state index contributed by atoms with van der Waals surface area (Å²) in [5, 5.41) is 6.07. The molecule has 35 heavy (non-hydrogen) atoms. The van der Waals surface area contributed by atoms with Gasteiger partial charge in [0, 0.05) is 30.6 Å². The van der Waals surface area contributed by atoms with E-state index in [1.54, 1.807) is 20.5 Å². The third kappa shape index (κ3) is 5.49. The van der Waals surface area contributed by atoms with Crippen molar-refractivity contribution in [3.8, 4) is 17.2 Å². The molecule has 2 aromatic carbocycles. The maximum atomic E-state index is 13.2. The number of imidazole rings is 1. The Hall–Kier alpha value is -4.18. The average molecular weight is 497 g/mol. The molecule has 0 fully saturated rings. The third-order valence-electron chi connectivity index (χ3n) is 5.01. The first-order valence-electron chi connectivity index (χ1n) is 10.5. The van der Waals surface area contributed by atoms with Gasteiger partial charge in [-0.15, -0.1) is 0 Å². The van der Waals surface area contributed by atoms with Gasteiger partial charge in [0.05, 0.1) is 36.0 Å². The number of ether oxygens (including phenoxy) is 2. The van der Waals surface area contributed by atoms with Crippen molar-refractivity contribution in [3.05, 3.63) is 77.2 Å². The Bertz CT molecular complexity index is 1380. The lowest BCUT2D eigenvalue weighted by molar-refractivity contribution is 0.0922. The molecule has 0 aliphatic rings. The summed E-state index contributed by atoms with van der Waals surface area (Å²) in [7, 11) is 3.26. The first kappa shape index (κ1) is 24.0. The number of Topliss-reactive ketones (excluding diaryl/α,β-unsaturated/α-hetero) is 1. The average Bonchev–Trinajstić information content (AvgIpc) is 3.28. The van der Waals surface area contributed by atoms with Gasteiger partial charge < -0.3 is 24.7 Å². The second-order valence-corrected chi connectivity index (χ2v) is 7.83. The molecule has 0 bridgehead atoms. The monoisotopic (exact) mass is 496 g/mol. The van der Waals surface area contributed by atoms with E-state index >= 15 is 0 Å². The summed E-state index contributed by atoms with van der Waals surface area (Å²) in [6.07, 6.45) is 5.07. The molecule has 0 aliphatic carbocycles. The number of carbonyl (C=O) groups is 1. The Morgan fingerprint density at radius 3 is 2.69 bits per heavy atom. The van der Waals surface area contributed by atoms with Gasteiger partial charge >= 0.3 is 0 Å². The van der Waals surface area contributed by atoms with E-state index < -0.39 is 11.6 Å². The van der Waals surface area contributed by atoms with Crippen molar-refractivity contribution in [2.24, 2.45) is 0 Å². The number of rotatable bonds is 9. The lowest BCUT2D eigenvalue weighted by Crippen LogP contribution is -2.14. The van der Waals surface area contributed by atoms with Crippen molar-refractivity contribution in [1.29, 1.82) is 0 Å². The number of halogens is 2. The summed E-state index contributed by atoms with van der Waals surface area (Å²) < 4.78 is 26.2. The summed E-state index contributed by atoms with van der Waals surface area (Å²) >= 11 is 5.95. The predicted molar refractivity (Wildman–Crippen MR) is 131 cm³/mol. The Morgan fingerprint density at radius 1 is 1.17 bits per heavy atom. The van der Waals surface area contributed by atoms with Crippen molar-refractivity contribution >= 4 is 34.8 Å². The van der Waals surface area contributed by atoms with Crippen LogP contribution < -0.4 is 20.1 Å². The zero-order valence-electron chi connectivity index (χ0n) is 19.2. The van der Waals surface area contributed by atoms with Gasteiger partial charge in [-0.2, -0.15) is 4.98 Å². The largest absolute Gasteiger partial charge is 0.494 e. The highest BCUT2D eigenvalue weighted by Crippen LogP contribution is 2.29. The quantitative estimate of drug-likeness (QED) is 0.318. The fourth-order valence-corrected chi connectivity index (χ4v) is 3.58. The molecule has 0 spiro atoms. The van der Waals surface area contributed by atoms with Crippen LogP contribution in [0.4, 0.5) is 21.8 Å². The highest BCUT2D eigenvalue weighted by atomic mass is 35.5. The SMILES string of the molecule is CNc1nc(Nc2ccc(-n3cnc(C)c3)c(OC)c2)ncc1OCC(=O)c1ccc(F)cc1Cl. The highest BCUT2D eigenvalue weighted by molar-refractivity contribution is 6.34. The standard InChI is InChI=1S/C24H22ClFN6O3/c1-14-11-32(13-29-14)19-7-5-16(9-21(19)34-3)30-24-28-10-22(23(27-2)31-24)35-12-20(33)17-6-4-15(26)8-18(17)25/h4-11,13H,12H2,1-3H3,(H2,27,28,30,31). The Morgan fingerprint density at radius 2 is 2.00 bits per heavy atom. The molecule has 0 atom stereocenters. The van der Waals surface area contributed by atoms with Crippen LogP contribution in [0.15, 0.2) is 55.1 Å². The Balaban J connectivity index is 1.48. The zero-order chi connectivity index (χ0) is 24.9. The summed E-state index contributed by atoms with van der Waals surface area (Å²) in [4.78, 5) is 25.3. The van der Waals surface area contributed by atoms with E-state index in [0.29, 0.717) is 23.2 Å². The van der Waals surface area contributed by atoms with Crippen LogP contribution in [0.1, 0.15) is 16.1 Å². The van der Waals surface area contributed by atoms with Gasteiger partial charge in [0.2, 0.25) is 11.7 Å². The number of aromatic nitrogens is 4. The van der Waals surface area contributed by atoms with Crippen LogP contribution in [0.5, 0.6) is 11.5 Å². The van der Waals surface area contributed by atoms with Crippen LogP contribution in [-0.2, 0) is 0 Å². The maximum absolute atomic E-state index is 13.2. The van der Waals surface area contributed by atoms with E-state index in [1.165, 1.54) is 18.3 Å². The van der Waals surface area contributed by atoms with E-state index in [9.17, 15) is 9.18 Å². The van der Waals surface area contributed by atoms with Gasteiger partial charge in [-0.1, -0.05) is 11.6 Å². The van der Waals surface area contributed by atoms with Crippen LogP contribution in [0.2, 0.25) is 5.02 Å². The minimum Gasteiger partial charge on any atom is -0.494 e. The van der Waals surface area contributed by atoms with Crippen LogP contribution in [-0.4, -0.2) is 46.1 Å². The number of ketones is 1. The van der Waals surface area contributed by atoms with Gasteiger partial charge in [-0.25, -0.2) is 14.4 Å². The van der Waals surface area contributed by atoms with E-state index in [-0.39, 0.29) is 22.9 Å². The normalized spacial score (nSPS) is 10.7. The van der Waals surface area contributed by atoms with Crippen LogP contribution in [0.3, 0.4) is 0 Å². The summed E-state index contributed by atoms with van der Waals surface area (Å²) in [5.74, 6) is 0.665. The molecular formula is C24H22ClFN6O3. The molecule has 0 amide bonds. The third-order valence-corrected chi connectivity index (χ3v) is 5.32. The summed E-state index contributed by atoms with van der Waals surface area (Å²) in [6.45, 7) is 1.60. The number of methoxy groups -OCH3 is 1.